The molecule has 0 saturated carbocycles. The van der Waals surface area contributed by atoms with Crippen molar-refractivity contribution in [3.8, 4) is 0 Å². The molecule has 0 aliphatic carbocycles. The summed E-state index contributed by atoms with van der Waals surface area (Å²) in [7, 11) is 0. The van der Waals surface area contributed by atoms with Crippen molar-refractivity contribution < 1.29 is 13.6 Å². The van der Waals surface area contributed by atoms with Crippen molar-refractivity contribution in [2.45, 2.75) is 13.3 Å². The summed E-state index contributed by atoms with van der Waals surface area (Å²) < 4.78 is 25.0. The second-order valence-electron chi connectivity index (χ2n) is 2.60. The largest absolute Gasteiger partial charge is 0.294 e. The van der Waals surface area contributed by atoms with Crippen LogP contribution >= 0.6 is 15.9 Å². The molecule has 0 radical (unpaired) electrons. The number of alkyl halides is 2. The molecular formula is C9H7BrF2O. The molecule has 0 aliphatic rings. The van der Waals surface area contributed by atoms with Crippen LogP contribution in [-0.4, -0.2) is 5.78 Å². The van der Waals surface area contributed by atoms with Gasteiger partial charge in [-0.3, -0.25) is 4.79 Å². The summed E-state index contributed by atoms with van der Waals surface area (Å²) in [6.45, 7) is 1.34. The third-order valence-corrected chi connectivity index (χ3v) is 2.31. The molecule has 0 bridgehead atoms. The second kappa shape index (κ2) is 3.96. The second-order valence-corrected chi connectivity index (χ2v) is 3.45. The van der Waals surface area contributed by atoms with Crippen LogP contribution in [0.2, 0.25) is 0 Å². The summed E-state index contributed by atoms with van der Waals surface area (Å²) >= 11 is 3.11. The highest BCUT2D eigenvalue weighted by atomic mass is 79.9. The number of benzene rings is 1. The van der Waals surface area contributed by atoms with Gasteiger partial charge >= 0.3 is 0 Å². The lowest BCUT2D eigenvalue weighted by Gasteiger charge is -2.03. The van der Waals surface area contributed by atoms with Crippen LogP contribution in [0.4, 0.5) is 8.78 Å². The zero-order valence-electron chi connectivity index (χ0n) is 6.85. The van der Waals surface area contributed by atoms with Crippen molar-refractivity contribution in [3.63, 3.8) is 0 Å². The molecule has 0 fully saturated rings. The summed E-state index contributed by atoms with van der Waals surface area (Å²) in [6.07, 6.45) is -2.54. The maximum Gasteiger partial charge on any atom is 0.263 e. The average Bonchev–Trinajstić information content (AvgIpc) is 2.04. The summed E-state index contributed by atoms with van der Waals surface area (Å²) in [6, 6.07) is 3.95. The number of hydrogen-bond donors (Lipinski definition) is 0. The fourth-order valence-electron chi connectivity index (χ4n) is 0.948. The molecular weight excluding hydrogens is 242 g/mol. The van der Waals surface area contributed by atoms with E-state index in [1.54, 1.807) is 0 Å². The molecule has 4 heteroatoms. The first-order valence-electron chi connectivity index (χ1n) is 3.61. The highest BCUT2D eigenvalue weighted by Gasteiger charge is 2.11. The quantitative estimate of drug-likeness (QED) is 0.732. The van der Waals surface area contributed by atoms with Crippen molar-refractivity contribution in [1.29, 1.82) is 0 Å². The van der Waals surface area contributed by atoms with Gasteiger partial charge in [-0.2, -0.15) is 0 Å². The minimum Gasteiger partial charge on any atom is -0.294 e. The predicted octanol–water partition coefficient (Wildman–Crippen LogP) is 3.59. The minimum atomic E-state index is -2.54. The molecule has 1 rings (SSSR count). The van der Waals surface area contributed by atoms with Crippen LogP contribution in [0.25, 0.3) is 0 Å². The number of carbonyl (C=O) groups is 1. The molecule has 0 N–H and O–H groups in total. The third kappa shape index (κ3) is 2.34. The molecule has 1 aromatic rings. The predicted molar refractivity (Wildman–Crippen MR) is 49.1 cm³/mol. The lowest BCUT2D eigenvalue weighted by Crippen LogP contribution is -1.96. The van der Waals surface area contributed by atoms with E-state index in [1.807, 2.05) is 0 Å². The van der Waals surface area contributed by atoms with Gasteiger partial charge in [-0.15, -0.1) is 0 Å². The molecule has 0 aromatic heterocycles. The number of halogens is 3. The van der Waals surface area contributed by atoms with Crippen LogP contribution in [0.5, 0.6) is 0 Å². The Bertz CT molecular complexity index is 336. The highest BCUT2D eigenvalue weighted by Crippen LogP contribution is 2.24. The van der Waals surface area contributed by atoms with E-state index < -0.39 is 6.43 Å². The smallest absolute Gasteiger partial charge is 0.263 e. The maximum atomic E-state index is 12.2. The van der Waals surface area contributed by atoms with E-state index in [4.69, 9.17) is 0 Å². The number of ketones is 1. The van der Waals surface area contributed by atoms with E-state index in [9.17, 15) is 13.6 Å². The van der Waals surface area contributed by atoms with Gasteiger partial charge < -0.3 is 0 Å². The van der Waals surface area contributed by atoms with Crippen molar-refractivity contribution in [2.75, 3.05) is 0 Å². The van der Waals surface area contributed by atoms with E-state index >= 15 is 0 Å². The van der Waals surface area contributed by atoms with E-state index in [1.165, 1.54) is 25.1 Å². The van der Waals surface area contributed by atoms with Crippen molar-refractivity contribution in [2.24, 2.45) is 0 Å². The Morgan fingerprint density at radius 1 is 1.46 bits per heavy atom. The summed E-state index contributed by atoms with van der Waals surface area (Å²) in [5.41, 5.74) is 0.159. The SMILES string of the molecule is CC(=O)c1cc(C(F)F)ccc1Br. The van der Waals surface area contributed by atoms with Gasteiger partial charge in [0.2, 0.25) is 0 Å². The number of carbonyl (C=O) groups excluding carboxylic acids is 1. The summed E-state index contributed by atoms with van der Waals surface area (Å²) in [5, 5.41) is 0. The summed E-state index contributed by atoms with van der Waals surface area (Å²) in [4.78, 5) is 11.0. The van der Waals surface area contributed by atoms with Gasteiger partial charge in [-0.05, 0) is 19.1 Å². The van der Waals surface area contributed by atoms with Crippen LogP contribution in [-0.2, 0) is 0 Å². The van der Waals surface area contributed by atoms with Gasteiger partial charge in [0, 0.05) is 15.6 Å². The Morgan fingerprint density at radius 2 is 2.08 bits per heavy atom. The van der Waals surface area contributed by atoms with Gasteiger partial charge in [0.15, 0.2) is 5.78 Å². The fourth-order valence-corrected chi connectivity index (χ4v) is 1.47. The normalized spacial score (nSPS) is 10.5. The average molecular weight is 249 g/mol. The number of Topliss-reactive ketones (excluding diaryl/α,β-unsaturated/α-hetero) is 1. The van der Waals surface area contributed by atoms with Crippen LogP contribution in [0.3, 0.4) is 0 Å². The molecule has 0 amide bonds. The topological polar surface area (TPSA) is 17.1 Å². The van der Waals surface area contributed by atoms with Gasteiger partial charge in [-0.25, -0.2) is 8.78 Å². The monoisotopic (exact) mass is 248 g/mol. The van der Waals surface area contributed by atoms with Gasteiger partial charge in [0.1, 0.15) is 0 Å². The number of rotatable bonds is 2. The third-order valence-electron chi connectivity index (χ3n) is 1.62. The van der Waals surface area contributed by atoms with E-state index in [-0.39, 0.29) is 16.9 Å². The Labute approximate surface area is 82.9 Å². The van der Waals surface area contributed by atoms with Crippen LogP contribution in [0.15, 0.2) is 22.7 Å². The van der Waals surface area contributed by atoms with Gasteiger partial charge in [0.05, 0.1) is 0 Å². The van der Waals surface area contributed by atoms with Crippen molar-refractivity contribution in [3.05, 3.63) is 33.8 Å². The van der Waals surface area contributed by atoms with E-state index in [0.717, 1.165) is 0 Å². The van der Waals surface area contributed by atoms with Gasteiger partial charge in [-0.1, -0.05) is 22.0 Å². The highest BCUT2D eigenvalue weighted by molar-refractivity contribution is 9.10. The first-order chi connectivity index (χ1) is 6.02. The Balaban J connectivity index is 3.19. The van der Waals surface area contributed by atoms with Crippen molar-refractivity contribution in [1.82, 2.24) is 0 Å². The lowest BCUT2D eigenvalue weighted by molar-refractivity contribution is 0.101. The number of hydrogen-bond acceptors (Lipinski definition) is 1. The molecule has 0 saturated heterocycles. The standard InChI is InChI=1S/C9H7BrF2O/c1-5(13)7-4-6(9(11)12)2-3-8(7)10/h2-4,9H,1H3. The first kappa shape index (κ1) is 10.3. The van der Waals surface area contributed by atoms with Crippen LogP contribution < -0.4 is 0 Å². The Morgan fingerprint density at radius 3 is 2.54 bits per heavy atom. The molecule has 0 aliphatic heterocycles. The summed E-state index contributed by atoms with van der Waals surface area (Å²) in [5.74, 6) is -0.227. The van der Waals surface area contributed by atoms with Gasteiger partial charge in [0.25, 0.3) is 6.43 Å². The maximum absolute atomic E-state index is 12.2. The fraction of sp³-hybridized carbons (Fsp3) is 0.222. The van der Waals surface area contributed by atoms with E-state index in [0.29, 0.717) is 4.47 Å². The zero-order chi connectivity index (χ0) is 10.0. The first-order valence-corrected chi connectivity index (χ1v) is 4.40. The molecule has 0 unspecified atom stereocenters. The van der Waals surface area contributed by atoms with E-state index in [2.05, 4.69) is 15.9 Å². The van der Waals surface area contributed by atoms with Crippen molar-refractivity contribution >= 4 is 21.7 Å². The molecule has 70 valence electrons. The van der Waals surface area contributed by atoms with Crippen LogP contribution in [0, 0.1) is 0 Å². The minimum absolute atomic E-state index is 0.131. The molecule has 0 heterocycles. The Kier molecular flexibility index (Phi) is 3.14. The molecule has 13 heavy (non-hydrogen) atoms. The zero-order valence-corrected chi connectivity index (χ0v) is 8.44. The molecule has 0 spiro atoms. The Hall–Kier alpha value is -0.770. The lowest BCUT2D eigenvalue weighted by atomic mass is 10.1. The molecule has 0 atom stereocenters. The molecule has 1 nitrogen and oxygen atoms in total. The molecule has 1 aromatic carbocycles. The van der Waals surface area contributed by atoms with Crippen LogP contribution in [0.1, 0.15) is 29.3 Å².